The highest BCUT2D eigenvalue weighted by molar-refractivity contribution is 5.95. The van der Waals surface area contributed by atoms with Crippen molar-refractivity contribution in [2.24, 2.45) is 0 Å². The molecule has 1 atom stereocenters. The molecule has 1 heterocycles. The van der Waals surface area contributed by atoms with Gasteiger partial charge >= 0.3 is 0 Å². The fourth-order valence-corrected chi connectivity index (χ4v) is 3.53. The number of benzene rings is 2. The molecule has 4 heteroatoms. The molecule has 1 aromatic heterocycles. The van der Waals surface area contributed by atoms with E-state index in [1.54, 1.807) is 12.0 Å². The number of rotatable bonds is 6. The van der Waals surface area contributed by atoms with Crippen molar-refractivity contribution in [2.45, 2.75) is 33.2 Å². The van der Waals surface area contributed by atoms with Crippen LogP contribution in [0.2, 0.25) is 0 Å². The Kier molecular flexibility index (Phi) is 6.32. The van der Waals surface area contributed by atoms with Gasteiger partial charge in [0.15, 0.2) is 0 Å². The van der Waals surface area contributed by atoms with Gasteiger partial charge in [0.2, 0.25) is 0 Å². The van der Waals surface area contributed by atoms with Crippen LogP contribution >= 0.6 is 0 Å². The molecular formula is C25H28N2O2. The molecule has 150 valence electrons. The number of para-hydroxylation sites is 1. The van der Waals surface area contributed by atoms with Gasteiger partial charge < -0.3 is 9.64 Å². The molecule has 0 bridgehead atoms. The van der Waals surface area contributed by atoms with Crippen molar-refractivity contribution >= 4 is 5.91 Å². The van der Waals surface area contributed by atoms with E-state index in [0.717, 1.165) is 40.2 Å². The normalized spacial score (nSPS) is 11.8. The largest absolute Gasteiger partial charge is 0.496 e. The summed E-state index contributed by atoms with van der Waals surface area (Å²) in [7, 11) is 3.52. The topological polar surface area (TPSA) is 42.4 Å². The summed E-state index contributed by atoms with van der Waals surface area (Å²) in [5, 5.41) is 0. The first-order valence-electron chi connectivity index (χ1n) is 9.84. The highest BCUT2D eigenvalue weighted by Crippen LogP contribution is 2.23. The first-order valence-corrected chi connectivity index (χ1v) is 9.84. The number of aryl methyl sites for hydroxylation is 2. The van der Waals surface area contributed by atoms with Crippen molar-refractivity contribution in [3.8, 4) is 17.0 Å². The first-order chi connectivity index (χ1) is 13.9. The molecule has 1 amide bonds. The maximum Gasteiger partial charge on any atom is 0.253 e. The van der Waals surface area contributed by atoms with Gasteiger partial charge in [0.25, 0.3) is 5.91 Å². The Bertz CT molecular complexity index is 993. The molecule has 0 aliphatic carbocycles. The molecule has 0 radical (unpaired) electrons. The van der Waals surface area contributed by atoms with Crippen LogP contribution in [-0.4, -0.2) is 36.0 Å². The molecule has 0 aliphatic heterocycles. The van der Waals surface area contributed by atoms with Crippen LogP contribution in [0.4, 0.5) is 0 Å². The average molecular weight is 389 g/mol. The Morgan fingerprint density at radius 1 is 1.07 bits per heavy atom. The lowest BCUT2D eigenvalue weighted by Crippen LogP contribution is -2.36. The van der Waals surface area contributed by atoms with E-state index in [0.29, 0.717) is 5.56 Å². The van der Waals surface area contributed by atoms with Crippen LogP contribution in [0.15, 0.2) is 60.7 Å². The molecule has 0 saturated heterocycles. The molecule has 0 spiro atoms. The van der Waals surface area contributed by atoms with Crippen LogP contribution in [0, 0.1) is 13.8 Å². The van der Waals surface area contributed by atoms with E-state index >= 15 is 0 Å². The van der Waals surface area contributed by atoms with E-state index in [4.69, 9.17) is 4.74 Å². The number of hydrogen-bond donors (Lipinski definition) is 0. The van der Waals surface area contributed by atoms with Crippen LogP contribution in [0.3, 0.4) is 0 Å². The van der Waals surface area contributed by atoms with E-state index in [9.17, 15) is 4.79 Å². The van der Waals surface area contributed by atoms with Gasteiger partial charge in [-0.3, -0.25) is 9.78 Å². The molecule has 3 rings (SSSR count). The summed E-state index contributed by atoms with van der Waals surface area (Å²) in [6, 6.07) is 19.8. The average Bonchev–Trinajstić information content (AvgIpc) is 2.72. The highest BCUT2D eigenvalue weighted by Gasteiger charge is 2.19. The second-order valence-electron chi connectivity index (χ2n) is 7.53. The van der Waals surface area contributed by atoms with E-state index in [-0.39, 0.29) is 11.9 Å². The van der Waals surface area contributed by atoms with Gasteiger partial charge in [-0.2, -0.15) is 0 Å². The number of aromatic nitrogens is 1. The molecule has 0 fully saturated rings. The molecular weight excluding hydrogens is 360 g/mol. The number of pyridine rings is 1. The van der Waals surface area contributed by atoms with Gasteiger partial charge in [0.05, 0.1) is 12.8 Å². The number of hydrogen-bond acceptors (Lipinski definition) is 3. The van der Waals surface area contributed by atoms with Crippen molar-refractivity contribution in [1.29, 1.82) is 0 Å². The van der Waals surface area contributed by atoms with Crippen LogP contribution < -0.4 is 4.74 Å². The number of amides is 1. The summed E-state index contributed by atoms with van der Waals surface area (Å²) in [4.78, 5) is 19.5. The van der Waals surface area contributed by atoms with Crippen molar-refractivity contribution in [3.63, 3.8) is 0 Å². The van der Waals surface area contributed by atoms with E-state index in [2.05, 4.69) is 18.8 Å². The number of likely N-dealkylation sites (N-methyl/N-ethyl adjacent to an activating group) is 1. The maximum atomic E-state index is 13.1. The van der Waals surface area contributed by atoms with Crippen LogP contribution in [-0.2, 0) is 6.42 Å². The summed E-state index contributed by atoms with van der Waals surface area (Å²) in [5.74, 6) is 0.849. The van der Waals surface area contributed by atoms with Crippen molar-refractivity contribution in [3.05, 3.63) is 83.0 Å². The second kappa shape index (κ2) is 8.91. The third-order valence-corrected chi connectivity index (χ3v) is 5.19. The van der Waals surface area contributed by atoms with Gasteiger partial charge in [0, 0.05) is 29.9 Å². The number of nitrogens with zero attached hydrogens (tertiary/aromatic N) is 2. The van der Waals surface area contributed by atoms with Crippen molar-refractivity contribution < 1.29 is 9.53 Å². The summed E-state index contributed by atoms with van der Waals surface area (Å²) >= 11 is 0. The number of carbonyl (C=O) groups excluding carboxylic acids is 1. The lowest BCUT2D eigenvalue weighted by Gasteiger charge is -2.26. The molecule has 1 unspecified atom stereocenters. The van der Waals surface area contributed by atoms with Crippen LogP contribution in [0.25, 0.3) is 11.3 Å². The van der Waals surface area contributed by atoms with Crippen molar-refractivity contribution in [1.82, 2.24) is 9.88 Å². The van der Waals surface area contributed by atoms with Crippen LogP contribution in [0.5, 0.6) is 5.75 Å². The zero-order valence-electron chi connectivity index (χ0n) is 17.8. The monoisotopic (exact) mass is 388 g/mol. The Hall–Kier alpha value is -3.14. The molecule has 3 aromatic rings. The van der Waals surface area contributed by atoms with Gasteiger partial charge in [-0.25, -0.2) is 0 Å². The third kappa shape index (κ3) is 4.83. The zero-order valence-corrected chi connectivity index (χ0v) is 17.8. The molecule has 0 saturated carbocycles. The van der Waals surface area contributed by atoms with Gasteiger partial charge in [0.1, 0.15) is 5.75 Å². The minimum absolute atomic E-state index is 0.00128. The standard InChI is InChI=1S/C25H28N2O2/c1-17-13-18(2)26-23(14-17)20-10-8-11-22(16-20)25(28)27(4)19(3)15-21-9-6-7-12-24(21)29-5/h6-14,16,19H,15H2,1-5H3. The number of ether oxygens (including phenoxy) is 1. The minimum atomic E-state index is -0.00128. The smallest absolute Gasteiger partial charge is 0.253 e. The number of carbonyl (C=O) groups is 1. The predicted molar refractivity (Wildman–Crippen MR) is 117 cm³/mol. The van der Waals surface area contributed by atoms with E-state index in [1.165, 1.54) is 0 Å². The lowest BCUT2D eigenvalue weighted by molar-refractivity contribution is 0.0743. The SMILES string of the molecule is COc1ccccc1CC(C)N(C)C(=O)c1cccc(-c2cc(C)cc(C)n2)c1. The first kappa shape index (κ1) is 20.6. The summed E-state index contributed by atoms with van der Waals surface area (Å²) in [6.45, 7) is 6.10. The fraction of sp³-hybridized carbons (Fsp3) is 0.280. The van der Waals surface area contributed by atoms with Crippen LogP contribution in [0.1, 0.15) is 34.1 Å². The Morgan fingerprint density at radius 3 is 2.55 bits per heavy atom. The molecule has 2 aromatic carbocycles. The summed E-state index contributed by atoms with van der Waals surface area (Å²) in [6.07, 6.45) is 0.727. The van der Waals surface area contributed by atoms with Gasteiger partial charge in [-0.05, 0) is 68.7 Å². The summed E-state index contributed by atoms with van der Waals surface area (Å²) < 4.78 is 5.44. The van der Waals surface area contributed by atoms with Gasteiger partial charge in [-0.15, -0.1) is 0 Å². The molecule has 29 heavy (non-hydrogen) atoms. The molecule has 0 aliphatic rings. The Balaban J connectivity index is 1.80. The summed E-state index contributed by atoms with van der Waals surface area (Å²) in [5.41, 5.74) is 5.73. The Labute approximate surface area is 173 Å². The zero-order chi connectivity index (χ0) is 21.0. The maximum absolute atomic E-state index is 13.1. The molecule has 0 N–H and O–H groups in total. The second-order valence-corrected chi connectivity index (χ2v) is 7.53. The third-order valence-electron chi connectivity index (χ3n) is 5.19. The number of methoxy groups -OCH3 is 1. The van der Waals surface area contributed by atoms with Gasteiger partial charge in [-0.1, -0.05) is 30.3 Å². The Morgan fingerprint density at radius 2 is 1.83 bits per heavy atom. The molecule has 4 nitrogen and oxygen atoms in total. The van der Waals surface area contributed by atoms with E-state index < -0.39 is 0 Å². The quantitative estimate of drug-likeness (QED) is 0.591. The van der Waals surface area contributed by atoms with E-state index in [1.807, 2.05) is 74.6 Å². The lowest BCUT2D eigenvalue weighted by atomic mass is 10.0. The van der Waals surface area contributed by atoms with Crippen molar-refractivity contribution in [2.75, 3.05) is 14.2 Å². The predicted octanol–water partition coefficient (Wildman–Crippen LogP) is 5.08. The highest BCUT2D eigenvalue weighted by atomic mass is 16.5. The fourth-order valence-electron chi connectivity index (χ4n) is 3.53. The minimum Gasteiger partial charge on any atom is -0.496 e.